The van der Waals surface area contributed by atoms with E-state index in [1.807, 2.05) is 0 Å². The van der Waals surface area contributed by atoms with E-state index in [1.165, 1.54) is 15.9 Å². The fourth-order valence-electron chi connectivity index (χ4n) is 7.59. The third-order valence-electron chi connectivity index (χ3n) is 10.1. The van der Waals surface area contributed by atoms with Crippen LogP contribution in [0.15, 0.2) is 18.2 Å². The van der Waals surface area contributed by atoms with Gasteiger partial charge < -0.3 is 30.1 Å². The van der Waals surface area contributed by atoms with Crippen LogP contribution in [-0.4, -0.2) is 80.7 Å². The molecule has 3 N–H and O–H groups in total. The number of ether oxygens (including phenoxy) is 2. The maximum absolute atomic E-state index is 14.3. The van der Waals surface area contributed by atoms with Crippen LogP contribution in [0.3, 0.4) is 0 Å². The standard InChI is InChI=1S/C33H43FN4O8/c1-32(2,3)46-30(43)35-25-11-6-4-5-8-18-12-21(18)23-14-33(23,29(41)42)36-27(39)26-13-20(16-38(26)28(25)40)45-31(44)37-15-19-9-7-10-24(34)22(19)17-37/h7,9-10,18,20-21,23,25-26H,4-6,8,11-17H2,1-3H3,(H,35,43)(H,36,39)(H,41,42)/t18?,20-,21?,23+,25+,26+,33-/m1/s1. The van der Waals surface area contributed by atoms with Gasteiger partial charge in [-0.1, -0.05) is 37.8 Å². The van der Waals surface area contributed by atoms with Crippen molar-refractivity contribution in [3.8, 4) is 0 Å². The smallest absolute Gasteiger partial charge is 0.410 e. The van der Waals surface area contributed by atoms with Crippen LogP contribution < -0.4 is 10.6 Å². The highest BCUT2D eigenvalue weighted by atomic mass is 19.1. The third kappa shape index (κ3) is 6.50. The lowest BCUT2D eigenvalue weighted by molar-refractivity contribution is -0.146. The Bertz CT molecular complexity index is 1430. The predicted molar refractivity (Wildman–Crippen MR) is 160 cm³/mol. The van der Waals surface area contributed by atoms with Gasteiger partial charge in [0.15, 0.2) is 0 Å². The highest BCUT2D eigenvalue weighted by molar-refractivity contribution is 5.96. The number of carboxylic acid groups (broad SMARTS) is 1. The van der Waals surface area contributed by atoms with E-state index in [2.05, 4.69) is 10.6 Å². The summed E-state index contributed by atoms with van der Waals surface area (Å²) in [6.07, 6.45) is 2.55. The first-order valence-electron chi connectivity index (χ1n) is 16.3. The second-order valence-electron chi connectivity index (χ2n) is 14.6. The van der Waals surface area contributed by atoms with Crippen molar-refractivity contribution in [2.75, 3.05) is 6.54 Å². The largest absolute Gasteiger partial charge is 0.479 e. The van der Waals surface area contributed by atoms with Crippen LogP contribution in [0.2, 0.25) is 0 Å². The van der Waals surface area contributed by atoms with Gasteiger partial charge in [-0.25, -0.2) is 18.8 Å². The number of carbonyl (C=O) groups excluding carboxylic acids is 4. The van der Waals surface area contributed by atoms with Crippen molar-refractivity contribution in [1.82, 2.24) is 20.4 Å². The molecule has 2 aliphatic carbocycles. The molecule has 0 radical (unpaired) electrons. The van der Waals surface area contributed by atoms with E-state index < -0.39 is 65.1 Å². The van der Waals surface area contributed by atoms with Crippen molar-refractivity contribution in [3.63, 3.8) is 0 Å². The molecule has 2 saturated heterocycles. The molecule has 46 heavy (non-hydrogen) atoms. The molecule has 4 fully saturated rings. The van der Waals surface area contributed by atoms with Gasteiger partial charge >= 0.3 is 18.2 Å². The highest BCUT2D eigenvalue weighted by Crippen LogP contribution is 2.61. The number of carbonyl (C=O) groups is 5. The Kier molecular flexibility index (Phi) is 8.39. The summed E-state index contributed by atoms with van der Waals surface area (Å²) in [5.41, 5.74) is -1.09. The molecule has 6 rings (SSSR count). The van der Waals surface area contributed by atoms with Crippen molar-refractivity contribution < 1.29 is 42.9 Å². The van der Waals surface area contributed by atoms with Crippen LogP contribution in [0, 0.1) is 23.6 Å². The first kappa shape index (κ1) is 32.1. The molecule has 0 bridgehead atoms. The Labute approximate surface area is 267 Å². The molecule has 7 atom stereocenters. The highest BCUT2D eigenvalue weighted by Gasteiger charge is 2.68. The molecule has 0 spiro atoms. The first-order valence-corrected chi connectivity index (χ1v) is 16.3. The van der Waals surface area contributed by atoms with E-state index >= 15 is 0 Å². The lowest BCUT2D eigenvalue weighted by atomic mass is 10.0. The molecule has 4 amide bonds. The number of hydrogen-bond donors (Lipinski definition) is 3. The number of hydrogen-bond acceptors (Lipinski definition) is 7. The Morgan fingerprint density at radius 3 is 2.57 bits per heavy atom. The van der Waals surface area contributed by atoms with Gasteiger partial charge in [-0.15, -0.1) is 0 Å². The number of rotatable bonds is 3. The average molecular weight is 643 g/mol. The fraction of sp³-hybridized carbons (Fsp3) is 0.667. The van der Waals surface area contributed by atoms with Gasteiger partial charge in [-0.3, -0.25) is 14.5 Å². The molecule has 1 aromatic carbocycles. The van der Waals surface area contributed by atoms with Crippen LogP contribution >= 0.6 is 0 Å². The number of amides is 4. The normalized spacial score (nSPS) is 32.4. The topological polar surface area (TPSA) is 155 Å². The quantitative estimate of drug-likeness (QED) is 0.451. The van der Waals surface area contributed by atoms with Gasteiger partial charge in [0, 0.05) is 18.5 Å². The number of fused-ring (bicyclic) bond motifs is 5. The lowest BCUT2D eigenvalue weighted by Gasteiger charge is -2.30. The summed E-state index contributed by atoms with van der Waals surface area (Å²) in [5.74, 6) is -2.17. The van der Waals surface area contributed by atoms with Gasteiger partial charge in [0.1, 0.15) is 35.1 Å². The van der Waals surface area contributed by atoms with E-state index in [0.717, 1.165) is 25.7 Å². The summed E-state index contributed by atoms with van der Waals surface area (Å²) in [4.78, 5) is 69.1. The molecule has 12 nitrogen and oxygen atoms in total. The summed E-state index contributed by atoms with van der Waals surface area (Å²) < 4.78 is 25.5. The molecule has 2 saturated carbocycles. The summed E-state index contributed by atoms with van der Waals surface area (Å²) in [7, 11) is 0. The van der Waals surface area contributed by atoms with Gasteiger partial charge in [0.25, 0.3) is 0 Å². The Morgan fingerprint density at radius 2 is 1.85 bits per heavy atom. The van der Waals surface area contributed by atoms with Crippen LogP contribution in [0.4, 0.5) is 14.0 Å². The summed E-state index contributed by atoms with van der Waals surface area (Å²) >= 11 is 0. The molecule has 3 aliphatic heterocycles. The zero-order valence-electron chi connectivity index (χ0n) is 26.6. The number of carboxylic acids is 1. The zero-order chi connectivity index (χ0) is 33.0. The van der Waals surface area contributed by atoms with E-state index in [4.69, 9.17) is 9.47 Å². The monoisotopic (exact) mass is 642 g/mol. The summed E-state index contributed by atoms with van der Waals surface area (Å²) in [6.45, 7) is 5.22. The van der Waals surface area contributed by atoms with Gasteiger partial charge in [-0.05, 0) is 69.4 Å². The molecular weight excluding hydrogens is 599 g/mol. The molecule has 5 aliphatic rings. The van der Waals surface area contributed by atoms with Crippen molar-refractivity contribution >= 4 is 30.0 Å². The maximum Gasteiger partial charge on any atom is 0.410 e. The van der Waals surface area contributed by atoms with E-state index in [1.54, 1.807) is 32.9 Å². The minimum absolute atomic E-state index is 0.0344. The summed E-state index contributed by atoms with van der Waals surface area (Å²) in [6, 6.07) is 2.52. The Balaban J connectivity index is 1.22. The molecule has 3 heterocycles. The molecular formula is C33H43FN4O8. The van der Waals surface area contributed by atoms with Gasteiger partial charge in [-0.2, -0.15) is 0 Å². The number of nitrogens with one attached hydrogen (secondary N) is 2. The van der Waals surface area contributed by atoms with Crippen LogP contribution in [-0.2, 0) is 36.9 Å². The number of halogens is 1. The van der Waals surface area contributed by atoms with Crippen molar-refractivity contribution in [1.29, 1.82) is 0 Å². The Morgan fingerprint density at radius 1 is 1.09 bits per heavy atom. The second-order valence-corrected chi connectivity index (χ2v) is 14.6. The van der Waals surface area contributed by atoms with Crippen molar-refractivity contribution in [2.24, 2.45) is 17.8 Å². The fourth-order valence-corrected chi connectivity index (χ4v) is 7.59. The van der Waals surface area contributed by atoms with Crippen molar-refractivity contribution in [3.05, 3.63) is 35.1 Å². The number of alkyl carbamates (subject to hydrolysis) is 1. The number of nitrogens with zero attached hydrogens (tertiary/aromatic N) is 2. The zero-order valence-corrected chi connectivity index (χ0v) is 26.6. The summed E-state index contributed by atoms with van der Waals surface area (Å²) in [5, 5.41) is 15.7. The third-order valence-corrected chi connectivity index (χ3v) is 10.1. The maximum atomic E-state index is 14.3. The SMILES string of the molecule is CC(C)(C)OC(=O)N[C@H]1CCCCCC2CC2[C@@H]2C[C@@]2(C(=O)O)NC(=O)[C@@H]2C[C@@H](OC(=O)N3Cc4cccc(F)c4C3)CN2C1=O. The minimum Gasteiger partial charge on any atom is -0.479 e. The van der Waals surface area contributed by atoms with Crippen LogP contribution in [0.25, 0.3) is 0 Å². The van der Waals surface area contributed by atoms with Crippen LogP contribution in [0.5, 0.6) is 0 Å². The second kappa shape index (κ2) is 12.0. The van der Waals surface area contributed by atoms with E-state index in [9.17, 15) is 33.5 Å². The van der Waals surface area contributed by atoms with E-state index in [0.29, 0.717) is 36.3 Å². The molecule has 1 aromatic rings. The van der Waals surface area contributed by atoms with Crippen LogP contribution in [0.1, 0.15) is 83.3 Å². The molecule has 0 aromatic heterocycles. The molecule has 2 unspecified atom stereocenters. The molecule has 13 heteroatoms. The first-order chi connectivity index (χ1) is 21.8. The van der Waals surface area contributed by atoms with Crippen molar-refractivity contribution in [2.45, 2.75) is 115 Å². The van der Waals surface area contributed by atoms with Gasteiger partial charge in [0.2, 0.25) is 11.8 Å². The average Bonchev–Trinajstić information content (AvgIpc) is 3.78. The van der Waals surface area contributed by atoms with Gasteiger partial charge in [0.05, 0.1) is 13.1 Å². The number of benzene rings is 1. The lowest BCUT2D eigenvalue weighted by Crippen LogP contribution is -2.56. The molecule has 250 valence electrons. The Hall–Kier alpha value is -3.90. The van der Waals surface area contributed by atoms with E-state index in [-0.39, 0.29) is 37.9 Å². The number of aliphatic carboxylic acids is 1. The minimum atomic E-state index is -1.39. The predicted octanol–water partition coefficient (Wildman–Crippen LogP) is 3.70.